The average Bonchev–Trinajstić information content (AvgIpc) is 2.06. The van der Waals surface area contributed by atoms with Crippen LogP contribution in [0.15, 0.2) is 30.8 Å². The van der Waals surface area contributed by atoms with E-state index >= 15 is 0 Å². The summed E-state index contributed by atoms with van der Waals surface area (Å²) in [4.78, 5) is 0. The van der Waals surface area contributed by atoms with Crippen LogP contribution in [0.5, 0.6) is 5.75 Å². The predicted octanol–water partition coefficient (Wildman–Crippen LogP) is 2.58. The standard InChI is InChI=1S/C10H12BO/c1-8(7-11-2)9-3-5-10(12)6-4-9/h3-6,12H,1,7H2,2H3. The lowest BCUT2D eigenvalue weighted by atomic mass is 9.74. The maximum Gasteiger partial charge on any atom is 0.115 e. The molecule has 0 spiro atoms. The second-order valence-corrected chi connectivity index (χ2v) is 2.76. The summed E-state index contributed by atoms with van der Waals surface area (Å²) in [5.74, 6) is 0.298. The third-order valence-corrected chi connectivity index (χ3v) is 1.73. The molecule has 0 aliphatic heterocycles. The van der Waals surface area contributed by atoms with Gasteiger partial charge in [0, 0.05) is 0 Å². The van der Waals surface area contributed by atoms with E-state index in [1.165, 1.54) is 0 Å². The first-order chi connectivity index (χ1) is 5.74. The molecule has 12 heavy (non-hydrogen) atoms. The number of benzene rings is 1. The van der Waals surface area contributed by atoms with Crippen molar-refractivity contribution < 1.29 is 5.11 Å². The molecule has 61 valence electrons. The molecule has 0 aromatic heterocycles. The van der Waals surface area contributed by atoms with E-state index in [9.17, 15) is 0 Å². The van der Waals surface area contributed by atoms with Crippen molar-refractivity contribution in [2.75, 3.05) is 0 Å². The van der Waals surface area contributed by atoms with Gasteiger partial charge in [-0.15, -0.1) is 0 Å². The van der Waals surface area contributed by atoms with Gasteiger partial charge in [-0.05, 0) is 17.7 Å². The Bertz CT molecular complexity index is 264. The van der Waals surface area contributed by atoms with Crippen LogP contribution in [0, 0.1) is 0 Å². The maximum absolute atomic E-state index is 9.03. The molecule has 1 aromatic rings. The normalized spacial score (nSPS) is 9.42. The summed E-state index contributed by atoms with van der Waals surface area (Å²) in [5, 5.41) is 9.03. The fourth-order valence-corrected chi connectivity index (χ4v) is 1.06. The molecular formula is C10H12BO. The van der Waals surface area contributed by atoms with Crippen molar-refractivity contribution in [3.63, 3.8) is 0 Å². The van der Waals surface area contributed by atoms with Crippen molar-refractivity contribution in [2.45, 2.75) is 13.1 Å². The van der Waals surface area contributed by atoms with Gasteiger partial charge in [0.1, 0.15) is 13.0 Å². The van der Waals surface area contributed by atoms with Gasteiger partial charge in [-0.2, -0.15) is 0 Å². The number of hydrogen-bond donors (Lipinski definition) is 1. The minimum Gasteiger partial charge on any atom is -0.508 e. The first-order valence-electron chi connectivity index (χ1n) is 3.99. The van der Waals surface area contributed by atoms with E-state index < -0.39 is 0 Å². The van der Waals surface area contributed by atoms with E-state index in [0.29, 0.717) is 5.75 Å². The summed E-state index contributed by atoms with van der Waals surface area (Å²) in [7, 11) is 2.06. The first kappa shape index (κ1) is 8.92. The summed E-state index contributed by atoms with van der Waals surface area (Å²) in [6, 6.07) is 7.11. The SMILES string of the molecule is C=C(C[B]C)c1ccc(O)cc1. The highest BCUT2D eigenvalue weighted by atomic mass is 16.3. The number of phenols is 1. The highest BCUT2D eigenvalue weighted by Crippen LogP contribution is 2.18. The first-order valence-corrected chi connectivity index (χ1v) is 3.99. The smallest absolute Gasteiger partial charge is 0.115 e. The Morgan fingerprint density at radius 1 is 1.42 bits per heavy atom. The summed E-state index contributed by atoms with van der Waals surface area (Å²) in [6.45, 7) is 5.94. The van der Waals surface area contributed by atoms with Crippen LogP contribution in [0.2, 0.25) is 13.1 Å². The molecule has 0 amide bonds. The average molecular weight is 159 g/mol. The van der Waals surface area contributed by atoms with Gasteiger partial charge in [0.05, 0.1) is 0 Å². The largest absolute Gasteiger partial charge is 0.508 e. The minimum atomic E-state index is 0.298. The highest BCUT2D eigenvalue weighted by molar-refractivity contribution is 6.36. The van der Waals surface area contributed by atoms with Crippen LogP contribution >= 0.6 is 0 Å². The van der Waals surface area contributed by atoms with Crippen LogP contribution < -0.4 is 0 Å². The maximum atomic E-state index is 9.03. The van der Waals surface area contributed by atoms with Gasteiger partial charge in [-0.3, -0.25) is 0 Å². The third-order valence-electron chi connectivity index (χ3n) is 1.73. The molecule has 2 heteroatoms. The topological polar surface area (TPSA) is 20.2 Å². The number of aromatic hydroxyl groups is 1. The fourth-order valence-electron chi connectivity index (χ4n) is 1.06. The van der Waals surface area contributed by atoms with Crippen molar-refractivity contribution in [1.82, 2.24) is 0 Å². The van der Waals surface area contributed by atoms with Crippen molar-refractivity contribution in [1.29, 1.82) is 0 Å². The number of phenolic OH excluding ortho intramolecular Hbond substituents is 1. The molecule has 0 aliphatic carbocycles. The van der Waals surface area contributed by atoms with Gasteiger partial charge in [0.15, 0.2) is 0 Å². The summed E-state index contributed by atoms with van der Waals surface area (Å²) in [6.07, 6.45) is 0.894. The van der Waals surface area contributed by atoms with E-state index in [4.69, 9.17) is 5.11 Å². The quantitative estimate of drug-likeness (QED) is 0.672. The molecule has 0 aliphatic rings. The second-order valence-electron chi connectivity index (χ2n) is 2.76. The van der Waals surface area contributed by atoms with Crippen LogP contribution in [0.1, 0.15) is 5.56 Å². The van der Waals surface area contributed by atoms with Gasteiger partial charge in [0.2, 0.25) is 0 Å². The summed E-state index contributed by atoms with van der Waals surface area (Å²) in [5.41, 5.74) is 2.17. The van der Waals surface area contributed by atoms with Crippen molar-refractivity contribution in [3.8, 4) is 5.75 Å². The molecule has 0 unspecified atom stereocenters. The zero-order chi connectivity index (χ0) is 8.97. The Kier molecular flexibility index (Phi) is 2.97. The molecule has 1 rings (SSSR count). The van der Waals surface area contributed by atoms with E-state index in [0.717, 1.165) is 17.5 Å². The van der Waals surface area contributed by atoms with Crippen LogP contribution in [0.3, 0.4) is 0 Å². The molecule has 1 radical (unpaired) electrons. The Morgan fingerprint density at radius 3 is 2.50 bits per heavy atom. The van der Waals surface area contributed by atoms with Gasteiger partial charge in [-0.25, -0.2) is 0 Å². The zero-order valence-corrected chi connectivity index (χ0v) is 7.25. The molecule has 0 saturated carbocycles. The van der Waals surface area contributed by atoms with E-state index in [1.54, 1.807) is 12.1 Å². The second kappa shape index (κ2) is 4.00. The van der Waals surface area contributed by atoms with E-state index in [2.05, 4.69) is 13.9 Å². The van der Waals surface area contributed by atoms with Crippen molar-refractivity contribution in [3.05, 3.63) is 36.4 Å². The molecular weight excluding hydrogens is 147 g/mol. The zero-order valence-electron chi connectivity index (χ0n) is 7.25. The predicted molar refractivity (Wildman–Crippen MR) is 53.6 cm³/mol. The van der Waals surface area contributed by atoms with Crippen molar-refractivity contribution >= 4 is 12.9 Å². The highest BCUT2D eigenvalue weighted by Gasteiger charge is 1.97. The molecule has 0 atom stereocenters. The van der Waals surface area contributed by atoms with Gasteiger partial charge < -0.3 is 5.11 Å². The van der Waals surface area contributed by atoms with Crippen LogP contribution in [-0.2, 0) is 0 Å². The lowest BCUT2D eigenvalue weighted by Crippen LogP contribution is -1.85. The molecule has 0 saturated heterocycles. The van der Waals surface area contributed by atoms with Gasteiger partial charge >= 0.3 is 0 Å². The minimum absolute atomic E-state index is 0.298. The molecule has 0 heterocycles. The monoisotopic (exact) mass is 159 g/mol. The third kappa shape index (κ3) is 2.16. The molecule has 1 aromatic carbocycles. The number of rotatable bonds is 3. The van der Waals surface area contributed by atoms with Crippen LogP contribution in [-0.4, -0.2) is 12.4 Å². The van der Waals surface area contributed by atoms with Crippen LogP contribution in [0.4, 0.5) is 0 Å². The molecule has 1 nitrogen and oxygen atoms in total. The van der Waals surface area contributed by atoms with Crippen molar-refractivity contribution in [2.24, 2.45) is 0 Å². The Hall–Kier alpha value is -1.18. The Labute approximate surface area is 74.0 Å². The van der Waals surface area contributed by atoms with E-state index in [-0.39, 0.29) is 0 Å². The van der Waals surface area contributed by atoms with Gasteiger partial charge in [-0.1, -0.05) is 37.4 Å². The number of allylic oxidation sites excluding steroid dienone is 1. The van der Waals surface area contributed by atoms with E-state index in [1.807, 2.05) is 19.0 Å². The molecule has 0 bridgehead atoms. The fraction of sp³-hybridized carbons (Fsp3) is 0.200. The summed E-state index contributed by atoms with van der Waals surface area (Å²) < 4.78 is 0. The van der Waals surface area contributed by atoms with Crippen LogP contribution in [0.25, 0.3) is 5.57 Å². The Balaban J connectivity index is 2.75. The summed E-state index contributed by atoms with van der Waals surface area (Å²) >= 11 is 0. The Morgan fingerprint density at radius 2 is 2.00 bits per heavy atom. The number of hydrogen-bond acceptors (Lipinski definition) is 1. The molecule has 0 fully saturated rings. The lowest BCUT2D eigenvalue weighted by Gasteiger charge is -2.02. The van der Waals surface area contributed by atoms with Gasteiger partial charge in [0.25, 0.3) is 0 Å². The molecule has 1 N–H and O–H groups in total. The lowest BCUT2D eigenvalue weighted by molar-refractivity contribution is 0.475.